The topological polar surface area (TPSA) is 116 Å². The van der Waals surface area contributed by atoms with Gasteiger partial charge in [-0.1, -0.05) is 5.16 Å². The molecule has 0 spiro atoms. The van der Waals surface area contributed by atoms with Crippen LogP contribution < -0.4 is 10.3 Å². The normalized spacial score (nSPS) is 16.7. The van der Waals surface area contributed by atoms with Gasteiger partial charge in [0.1, 0.15) is 17.7 Å². The number of nitriles is 1. The Morgan fingerprint density at radius 3 is 3.08 bits per heavy atom. The molecule has 0 radical (unpaired) electrons. The Kier molecular flexibility index (Phi) is 4.10. The average Bonchev–Trinajstić information content (AvgIpc) is 3.34. The molecule has 132 valence electrons. The molecule has 9 heteroatoms. The van der Waals surface area contributed by atoms with Crippen molar-refractivity contribution < 1.29 is 14.0 Å². The van der Waals surface area contributed by atoms with Crippen LogP contribution in [0.3, 0.4) is 0 Å². The summed E-state index contributed by atoms with van der Waals surface area (Å²) >= 11 is 0. The van der Waals surface area contributed by atoms with Gasteiger partial charge in [-0.3, -0.25) is 4.79 Å². The number of hydrogen-bond donors (Lipinski definition) is 0. The lowest BCUT2D eigenvalue weighted by Crippen LogP contribution is -2.21. The van der Waals surface area contributed by atoms with E-state index < -0.39 is 0 Å². The summed E-state index contributed by atoms with van der Waals surface area (Å²) in [5.41, 5.74) is 0.364. The maximum absolute atomic E-state index is 12.7. The van der Waals surface area contributed by atoms with Gasteiger partial charge in [0, 0.05) is 12.8 Å². The standard InChI is InChI=1S/C17H15N5O4/c1-24-15-10(8-18)7-11-12(19-15)4-5-22(17(11)23)9-14-20-16(26-21-14)13-3-2-6-25-13/h4-5,7,13H,2-3,6,9H2,1H3/t13-/m1/s1. The van der Waals surface area contributed by atoms with Crippen molar-refractivity contribution in [3.63, 3.8) is 0 Å². The third-order valence-corrected chi connectivity index (χ3v) is 4.24. The van der Waals surface area contributed by atoms with Crippen molar-refractivity contribution in [3.8, 4) is 11.9 Å². The second kappa shape index (κ2) is 6.57. The molecule has 9 nitrogen and oxygen atoms in total. The van der Waals surface area contributed by atoms with Crippen molar-refractivity contribution in [2.24, 2.45) is 0 Å². The molecule has 0 bridgehead atoms. The summed E-state index contributed by atoms with van der Waals surface area (Å²) in [5.74, 6) is 1.01. The summed E-state index contributed by atoms with van der Waals surface area (Å²) in [6, 6.07) is 5.14. The summed E-state index contributed by atoms with van der Waals surface area (Å²) in [6.07, 6.45) is 3.25. The molecule has 1 aliphatic rings. The van der Waals surface area contributed by atoms with Gasteiger partial charge in [-0.25, -0.2) is 4.98 Å². The molecular weight excluding hydrogens is 338 g/mol. The van der Waals surface area contributed by atoms with E-state index in [1.54, 1.807) is 12.3 Å². The minimum absolute atomic E-state index is 0.152. The Morgan fingerprint density at radius 2 is 2.35 bits per heavy atom. The molecule has 4 heterocycles. The molecule has 4 rings (SSSR count). The quantitative estimate of drug-likeness (QED) is 0.694. The van der Waals surface area contributed by atoms with Crippen molar-refractivity contribution in [2.45, 2.75) is 25.5 Å². The van der Waals surface area contributed by atoms with Crippen LogP contribution in [-0.4, -0.2) is 33.4 Å². The molecule has 0 amide bonds. The Labute approximate surface area is 147 Å². The minimum atomic E-state index is -0.294. The van der Waals surface area contributed by atoms with E-state index in [9.17, 15) is 10.1 Å². The molecule has 1 fully saturated rings. The molecule has 1 aliphatic heterocycles. The molecule has 1 atom stereocenters. The molecule has 0 unspecified atom stereocenters. The van der Waals surface area contributed by atoms with Crippen molar-refractivity contribution in [2.75, 3.05) is 13.7 Å². The zero-order valence-corrected chi connectivity index (χ0v) is 14.0. The number of pyridine rings is 2. The number of rotatable bonds is 4. The van der Waals surface area contributed by atoms with E-state index in [0.29, 0.717) is 29.2 Å². The molecular formula is C17H15N5O4. The lowest BCUT2D eigenvalue weighted by molar-refractivity contribution is 0.0835. The summed E-state index contributed by atoms with van der Waals surface area (Å²) in [7, 11) is 1.43. The van der Waals surface area contributed by atoms with Crippen LogP contribution in [0.5, 0.6) is 5.88 Å². The van der Waals surface area contributed by atoms with Crippen molar-refractivity contribution in [1.29, 1.82) is 5.26 Å². The van der Waals surface area contributed by atoms with Gasteiger partial charge in [0.2, 0.25) is 5.88 Å². The highest BCUT2D eigenvalue weighted by atomic mass is 16.5. The van der Waals surface area contributed by atoms with Crippen molar-refractivity contribution in [3.05, 3.63) is 46.0 Å². The second-order valence-corrected chi connectivity index (χ2v) is 5.89. The molecule has 3 aromatic rings. The van der Waals surface area contributed by atoms with Gasteiger partial charge in [0.15, 0.2) is 5.82 Å². The summed E-state index contributed by atoms with van der Waals surface area (Å²) in [4.78, 5) is 21.3. The first-order valence-electron chi connectivity index (χ1n) is 8.12. The van der Waals surface area contributed by atoms with Gasteiger partial charge < -0.3 is 18.6 Å². The number of nitrogens with zero attached hydrogens (tertiary/aromatic N) is 5. The number of ether oxygens (including phenoxy) is 2. The van der Waals surface area contributed by atoms with Crippen LogP contribution in [0.4, 0.5) is 0 Å². The highest BCUT2D eigenvalue weighted by molar-refractivity contribution is 5.79. The predicted molar refractivity (Wildman–Crippen MR) is 88.6 cm³/mol. The zero-order valence-electron chi connectivity index (χ0n) is 14.0. The van der Waals surface area contributed by atoms with Crippen molar-refractivity contribution >= 4 is 10.9 Å². The van der Waals surface area contributed by atoms with Crippen LogP contribution in [-0.2, 0) is 11.3 Å². The fourth-order valence-electron chi connectivity index (χ4n) is 2.94. The van der Waals surface area contributed by atoms with Crippen LogP contribution in [0.25, 0.3) is 10.9 Å². The van der Waals surface area contributed by atoms with Gasteiger partial charge in [0.05, 0.1) is 24.6 Å². The largest absolute Gasteiger partial charge is 0.480 e. The first-order valence-corrected chi connectivity index (χ1v) is 8.12. The van der Waals surface area contributed by atoms with Crippen LogP contribution in [0.2, 0.25) is 0 Å². The van der Waals surface area contributed by atoms with Crippen LogP contribution >= 0.6 is 0 Å². The van der Waals surface area contributed by atoms with E-state index in [1.807, 2.05) is 6.07 Å². The first-order chi connectivity index (χ1) is 12.7. The van der Waals surface area contributed by atoms with Crippen molar-refractivity contribution in [1.82, 2.24) is 19.7 Å². The van der Waals surface area contributed by atoms with Gasteiger partial charge in [-0.05, 0) is 25.0 Å². The van der Waals surface area contributed by atoms with Crippen LogP contribution in [0.15, 0.2) is 27.6 Å². The smallest absolute Gasteiger partial charge is 0.260 e. The summed E-state index contributed by atoms with van der Waals surface area (Å²) < 4.78 is 17.3. The van der Waals surface area contributed by atoms with E-state index in [2.05, 4.69) is 15.1 Å². The maximum Gasteiger partial charge on any atom is 0.260 e. The number of fused-ring (bicyclic) bond motifs is 1. The average molecular weight is 353 g/mol. The number of hydrogen-bond acceptors (Lipinski definition) is 8. The van der Waals surface area contributed by atoms with Crippen LogP contribution in [0.1, 0.15) is 36.2 Å². The lowest BCUT2D eigenvalue weighted by Gasteiger charge is -2.07. The molecule has 0 aliphatic carbocycles. The van der Waals surface area contributed by atoms with E-state index in [1.165, 1.54) is 17.7 Å². The first kappa shape index (κ1) is 16.2. The fraction of sp³-hybridized carbons (Fsp3) is 0.353. The van der Waals surface area contributed by atoms with E-state index >= 15 is 0 Å². The summed E-state index contributed by atoms with van der Waals surface area (Å²) in [6.45, 7) is 0.836. The highest BCUT2D eigenvalue weighted by Gasteiger charge is 2.24. The molecule has 1 saturated heterocycles. The predicted octanol–water partition coefficient (Wildman–Crippen LogP) is 1.56. The highest BCUT2D eigenvalue weighted by Crippen LogP contribution is 2.27. The Hall–Kier alpha value is -3.25. The monoisotopic (exact) mass is 353 g/mol. The third-order valence-electron chi connectivity index (χ3n) is 4.24. The SMILES string of the molecule is COc1nc2ccn(Cc3noc([C@H]4CCCO4)n3)c(=O)c2cc1C#N. The summed E-state index contributed by atoms with van der Waals surface area (Å²) in [5, 5.41) is 13.4. The third kappa shape index (κ3) is 2.80. The van der Waals surface area contributed by atoms with E-state index in [4.69, 9.17) is 14.0 Å². The van der Waals surface area contributed by atoms with E-state index in [0.717, 1.165) is 12.8 Å². The van der Waals surface area contributed by atoms with Gasteiger partial charge in [0.25, 0.3) is 11.4 Å². The second-order valence-electron chi connectivity index (χ2n) is 5.89. The van der Waals surface area contributed by atoms with E-state index in [-0.39, 0.29) is 29.7 Å². The van der Waals surface area contributed by atoms with Gasteiger partial charge in [-0.2, -0.15) is 10.2 Å². The maximum atomic E-state index is 12.7. The number of methoxy groups -OCH3 is 1. The molecule has 0 aromatic carbocycles. The fourth-order valence-corrected chi connectivity index (χ4v) is 2.94. The molecule has 0 N–H and O–H groups in total. The zero-order chi connectivity index (χ0) is 18.1. The lowest BCUT2D eigenvalue weighted by atomic mass is 10.2. The molecule has 26 heavy (non-hydrogen) atoms. The minimum Gasteiger partial charge on any atom is -0.480 e. The Bertz CT molecular complexity index is 1060. The van der Waals surface area contributed by atoms with Crippen LogP contribution in [0, 0.1) is 11.3 Å². The molecule has 0 saturated carbocycles. The van der Waals surface area contributed by atoms with Gasteiger partial charge >= 0.3 is 0 Å². The Morgan fingerprint density at radius 1 is 1.46 bits per heavy atom. The van der Waals surface area contributed by atoms with Gasteiger partial charge in [-0.15, -0.1) is 0 Å². The molecule has 3 aromatic heterocycles. The Balaban J connectivity index is 1.68. The number of aromatic nitrogens is 4.